The number of hydrogen-bond acceptors (Lipinski definition) is 6. The van der Waals surface area contributed by atoms with Gasteiger partial charge in [0.25, 0.3) is 10.0 Å². The highest BCUT2D eigenvalue weighted by Gasteiger charge is 2.24. The Morgan fingerprint density at radius 3 is 2.15 bits per heavy atom. The van der Waals surface area contributed by atoms with E-state index >= 15 is 0 Å². The van der Waals surface area contributed by atoms with Gasteiger partial charge in [0, 0.05) is 12.3 Å². The van der Waals surface area contributed by atoms with E-state index in [9.17, 15) is 21.2 Å². The van der Waals surface area contributed by atoms with Gasteiger partial charge in [-0.05, 0) is 24.3 Å². The third-order valence-corrected chi connectivity index (χ3v) is 6.12. The Kier molecular flexibility index (Phi) is 5.69. The third kappa shape index (κ3) is 4.19. The average Bonchev–Trinajstić information content (AvgIpc) is 2.54. The van der Waals surface area contributed by atoms with Gasteiger partial charge in [0.15, 0.2) is 9.84 Å². The molecule has 142 valence electrons. The third-order valence-electron chi connectivity index (χ3n) is 3.34. The van der Waals surface area contributed by atoms with Gasteiger partial charge >= 0.3 is 0 Å². The molecule has 0 bridgehead atoms. The van der Waals surface area contributed by atoms with Crippen molar-refractivity contribution < 1.29 is 30.7 Å². The Morgan fingerprint density at radius 2 is 1.62 bits per heavy atom. The first kappa shape index (κ1) is 20.3. The summed E-state index contributed by atoms with van der Waals surface area (Å²) in [6.45, 7) is 0. The van der Waals surface area contributed by atoms with E-state index in [0.29, 0.717) is 0 Å². The van der Waals surface area contributed by atoms with E-state index in [1.807, 2.05) is 0 Å². The maximum atomic E-state index is 14.0. The largest absolute Gasteiger partial charge is 0.495 e. The van der Waals surface area contributed by atoms with Crippen LogP contribution in [-0.4, -0.2) is 37.3 Å². The zero-order valence-corrected chi connectivity index (χ0v) is 16.3. The molecule has 0 fully saturated rings. The number of hydrogen-bond donors (Lipinski definition) is 1. The van der Waals surface area contributed by atoms with E-state index in [1.165, 1.54) is 26.4 Å². The van der Waals surface area contributed by atoms with Gasteiger partial charge in [-0.3, -0.25) is 4.72 Å². The molecule has 26 heavy (non-hydrogen) atoms. The highest BCUT2D eigenvalue weighted by atomic mass is 35.5. The Bertz CT molecular complexity index is 1050. The predicted molar refractivity (Wildman–Crippen MR) is 94.9 cm³/mol. The van der Waals surface area contributed by atoms with Gasteiger partial charge in [0.2, 0.25) is 0 Å². The van der Waals surface area contributed by atoms with Crippen LogP contribution in [0.1, 0.15) is 0 Å². The fraction of sp³-hybridized carbons (Fsp3) is 0.200. The number of benzene rings is 2. The molecule has 0 radical (unpaired) electrons. The smallest absolute Gasteiger partial charge is 0.264 e. The maximum Gasteiger partial charge on any atom is 0.264 e. The minimum atomic E-state index is -4.46. The molecule has 1 N–H and O–H groups in total. The van der Waals surface area contributed by atoms with Gasteiger partial charge < -0.3 is 9.47 Å². The second kappa shape index (κ2) is 7.29. The molecule has 0 saturated carbocycles. The van der Waals surface area contributed by atoms with Crippen LogP contribution in [0.15, 0.2) is 40.1 Å². The molecule has 0 spiro atoms. The molecule has 0 aliphatic carbocycles. The topological polar surface area (TPSA) is 98.8 Å². The molecule has 2 rings (SSSR count). The van der Waals surface area contributed by atoms with E-state index in [4.69, 9.17) is 21.1 Å². The van der Waals surface area contributed by atoms with Crippen molar-refractivity contribution >= 4 is 37.1 Å². The molecule has 0 heterocycles. The zero-order valence-electron chi connectivity index (χ0n) is 13.9. The van der Waals surface area contributed by atoms with Crippen molar-refractivity contribution in [1.82, 2.24) is 0 Å². The lowest BCUT2D eigenvalue weighted by molar-refractivity contribution is 0.396. The Balaban J connectivity index is 2.55. The Hall–Kier alpha value is -2.04. The van der Waals surface area contributed by atoms with Gasteiger partial charge in [-0.15, -0.1) is 0 Å². The van der Waals surface area contributed by atoms with Crippen LogP contribution in [0.25, 0.3) is 0 Å². The van der Waals surface area contributed by atoms with Gasteiger partial charge in [-0.25, -0.2) is 21.2 Å². The lowest BCUT2D eigenvalue weighted by atomic mass is 10.3. The molecule has 0 atom stereocenters. The lowest BCUT2D eigenvalue weighted by Gasteiger charge is -2.15. The molecule has 0 aliphatic rings. The summed E-state index contributed by atoms with van der Waals surface area (Å²) < 4.78 is 74.6. The van der Waals surface area contributed by atoms with Crippen molar-refractivity contribution in [1.29, 1.82) is 0 Å². The number of rotatable bonds is 6. The molecule has 7 nitrogen and oxygen atoms in total. The summed E-state index contributed by atoms with van der Waals surface area (Å²) in [6.07, 6.45) is 0.885. The standard InChI is InChI=1S/C15H15ClFNO6S2/c1-23-13-8-14(24-2)12(7-10(13)16)18-26(21,22)15-6-9(25(3,19)20)4-5-11(15)17/h4-8,18H,1-3H3. The van der Waals surface area contributed by atoms with Crippen LogP contribution in [0.5, 0.6) is 11.5 Å². The number of ether oxygens (including phenoxy) is 2. The van der Waals surface area contributed by atoms with Crippen LogP contribution in [-0.2, 0) is 19.9 Å². The second-order valence-electron chi connectivity index (χ2n) is 5.16. The van der Waals surface area contributed by atoms with Gasteiger partial charge in [0.05, 0.1) is 29.8 Å². The van der Waals surface area contributed by atoms with Crippen LogP contribution in [0.3, 0.4) is 0 Å². The first-order chi connectivity index (χ1) is 12.0. The molecule has 2 aromatic carbocycles. The van der Waals surface area contributed by atoms with E-state index in [0.717, 1.165) is 24.5 Å². The SMILES string of the molecule is COc1cc(OC)c(NS(=O)(=O)c2cc(S(C)(=O)=O)ccc2F)cc1Cl. The highest BCUT2D eigenvalue weighted by Crippen LogP contribution is 2.37. The zero-order chi connectivity index (χ0) is 19.7. The molecule has 0 unspecified atom stereocenters. The van der Waals surface area contributed by atoms with E-state index in [2.05, 4.69) is 4.72 Å². The number of sulfone groups is 1. The Morgan fingerprint density at radius 1 is 1.00 bits per heavy atom. The molecular weight excluding hydrogens is 409 g/mol. The summed E-state index contributed by atoms with van der Waals surface area (Å²) in [7, 11) is -5.52. The molecular formula is C15H15ClFNO6S2. The van der Waals surface area contributed by atoms with E-state index in [1.54, 1.807) is 0 Å². The van der Waals surface area contributed by atoms with Gasteiger partial charge in [-0.2, -0.15) is 0 Å². The van der Waals surface area contributed by atoms with E-state index < -0.39 is 30.6 Å². The number of halogens is 2. The minimum absolute atomic E-state index is 0.0672. The summed E-state index contributed by atoms with van der Waals surface area (Å²) >= 11 is 5.98. The summed E-state index contributed by atoms with van der Waals surface area (Å²) in [4.78, 5) is -1.16. The van der Waals surface area contributed by atoms with Crippen molar-refractivity contribution in [3.63, 3.8) is 0 Å². The molecule has 0 amide bonds. The van der Waals surface area contributed by atoms with Crippen molar-refractivity contribution in [2.75, 3.05) is 25.2 Å². The predicted octanol–water partition coefficient (Wildman–Crippen LogP) is 2.70. The van der Waals surface area contributed by atoms with Gasteiger partial charge in [0.1, 0.15) is 22.2 Å². The van der Waals surface area contributed by atoms with Crippen molar-refractivity contribution in [2.24, 2.45) is 0 Å². The first-order valence-electron chi connectivity index (χ1n) is 6.93. The monoisotopic (exact) mass is 423 g/mol. The lowest BCUT2D eigenvalue weighted by Crippen LogP contribution is -2.16. The molecule has 0 aromatic heterocycles. The Labute approximate surface area is 155 Å². The van der Waals surface area contributed by atoms with Crippen LogP contribution in [0.4, 0.5) is 10.1 Å². The summed E-state index contributed by atoms with van der Waals surface area (Å²) in [5.74, 6) is -0.783. The number of sulfonamides is 1. The first-order valence-corrected chi connectivity index (χ1v) is 10.7. The van der Waals surface area contributed by atoms with Crippen molar-refractivity contribution in [3.05, 3.63) is 41.2 Å². The molecule has 0 aliphatic heterocycles. The number of methoxy groups -OCH3 is 2. The molecule has 11 heteroatoms. The fourth-order valence-electron chi connectivity index (χ4n) is 2.06. The average molecular weight is 424 g/mol. The summed E-state index contributed by atoms with van der Waals surface area (Å²) in [6, 6.07) is 5.07. The van der Waals surface area contributed by atoms with Gasteiger partial charge in [-0.1, -0.05) is 11.6 Å². The van der Waals surface area contributed by atoms with Crippen LogP contribution in [0, 0.1) is 5.82 Å². The number of anilines is 1. The number of nitrogens with one attached hydrogen (secondary N) is 1. The summed E-state index contributed by atoms with van der Waals surface area (Å²) in [5.41, 5.74) is -0.0672. The minimum Gasteiger partial charge on any atom is -0.495 e. The maximum absolute atomic E-state index is 14.0. The van der Waals surface area contributed by atoms with E-state index in [-0.39, 0.29) is 27.1 Å². The van der Waals surface area contributed by atoms with Crippen molar-refractivity contribution in [3.8, 4) is 11.5 Å². The van der Waals surface area contributed by atoms with Crippen LogP contribution >= 0.6 is 11.6 Å². The van der Waals surface area contributed by atoms with Crippen molar-refractivity contribution in [2.45, 2.75) is 9.79 Å². The van der Waals surface area contributed by atoms with Crippen LogP contribution in [0.2, 0.25) is 5.02 Å². The normalized spacial score (nSPS) is 11.9. The highest BCUT2D eigenvalue weighted by molar-refractivity contribution is 7.93. The summed E-state index contributed by atoms with van der Waals surface area (Å²) in [5, 5.41) is 0.0939. The quantitative estimate of drug-likeness (QED) is 0.717. The van der Waals surface area contributed by atoms with Crippen LogP contribution < -0.4 is 14.2 Å². The molecule has 2 aromatic rings. The molecule has 0 saturated heterocycles. The second-order valence-corrected chi connectivity index (χ2v) is 9.23. The fourth-order valence-corrected chi connectivity index (χ4v) is 4.19.